The van der Waals surface area contributed by atoms with Crippen LogP contribution in [0.3, 0.4) is 0 Å². The van der Waals surface area contributed by atoms with E-state index in [1.165, 1.54) is 34.7 Å². The number of thioether (sulfide) groups is 1. The molecule has 0 fully saturated rings. The van der Waals surface area contributed by atoms with Gasteiger partial charge in [-0.1, -0.05) is 75.0 Å². The number of nitrogens with two attached hydrogens (primary N) is 1. The zero-order chi connectivity index (χ0) is 27.5. The fraction of sp³-hybridized carbons (Fsp3) is 0.179. The summed E-state index contributed by atoms with van der Waals surface area (Å²) in [5.74, 6) is -0.630. The Morgan fingerprint density at radius 3 is 2.21 bits per heavy atom. The molecule has 0 bridgehead atoms. The van der Waals surface area contributed by atoms with Crippen molar-refractivity contribution in [3.8, 4) is 0 Å². The van der Waals surface area contributed by atoms with Crippen LogP contribution in [-0.4, -0.2) is 31.2 Å². The summed E-state index contributed by atoms with van der Waals surface area (Å²) in [4.78, 5) is 32.0. The highest BCUT2D eigenvalue weighted by molar-refractivity contribution is 8.14. The van der Waals surface area contributed by atoms with Crippen LogP contribution in [0.25, 0.3) is 6.08 Å². The summed E-state index contributed by atoms with van der Waals surface area (Å²) < 4.78 is 22.8. The summed E-state index contributed by atoms with van der Waals surface area (Å²) in [5.41, 5.74) is 3.41. The third kappa shape index (κ3) is 6.58. The largest absolute Gasteiger partial charge is 0.325 e. The lowest BCUT2D eigenvalue weighted by atomic mass is 9.87. The number of aliphatic imine (C=N–C) groups is 1. The number of sulfonamides is 1. The summed E-state index contributed by atoms with van der Waals surface area (Å²) >= 11 is 1.13. The number of amides is 2. The molecule has 0 aliphatic carbocycles. The second kappa shape index (κ2) is 10.9. The minimum atomic E-state index is -3.82. The molecular weight excluding hydrogens is 520 g/mol. The lowest BCUT2D eigenvalue weighted by Gasteiger charge is -2.18. The molecule has 196 valence electrons. The molecule has 3 aromatic carbocycles. The Kier molecular flexibility index (Phi) is 7.86. The standard InChI is InChI=1S/C28H28N4O4S2/c1-28(2,3)20-11-9-19(10-12-20)17-24-26(34)32(22-7-5-4-6-8-22)27(31-24)37-18-25(33)30-21-13-15-23(16-14-21)38(29,35)36/h4-17H,18H2,1-3H3,(H,30,33)(H2,29,35,36)/b24-17+. The van der Waals surface area contributed by atoms with Crippen molar-refractivity contribution in [1.29, 1.82) is 0 Å². The Balaban J connectivity index is 1.52. The Morgan fingerprint density at radius 1 is 1.00 bits per heavy atom. The molecule has 2 amide bonds. The third-order valence-corrected chi connectivity index (χ3v) is 7.59. The van der Waals surface area contributed by atoms with Gasteiger partial charge in [-0.05, 0) is 59.0 Å². The van der Waals surface area contributed by atoms with Crippen molar-refractivity contribution in [2.24, 2.45) is 10.1 Å². The highest BCUT2D eigenvalue weighted by Gasteiger charge is 2.32. The number of nitrogens with zero attached hydrogens (tertiary/aromatic N) is 2. The first kappa shape index (κ1) is 27.3. The zero-order valence-electron chi connectivity index (χ0n) is 21.2. The van der Waals surface area contributed by atoms with Crippen molar-refractivity contribution < 1.29 is 18.0 Å². The van der Waals surface area contributed by atoms with Crippen molar-refractivity contribution in [3.63, 3.8) is 0 Å². The van der Waals surface area contributed by atoms with Crippen LogP contribution in [-0.2, 0) is 25.0 Å². The second-order valence-corrected chi connectivity index (χ2v) is 12.2. The highest BCUT2D eigenvalue weighted by Crippen LogP contribution is 2.30. The van der Waals surface area contributed by atoms with Crippen LogP contribution >= 0.6 is 11.8 Å². The average Bonchev–Trinajstić information content (AvgIpc) is 3.17. The van der Waals surface area contributed by atoms with E-state index in [0.29, 0.717) is 16.5 Å². The number of para-hydroxylation sites is 1. The molecule has 1 aliphatic rings. The first-order valence-corrected chi connectivity index (χ1v) is 14.3. The maximum absolute atomic E-state index is 13.4. The second-order valence-electron chi connectivity index (χ2n) is 9.68. The topological polar surface area (TPSA) is 122 Å². The van der Waals surface area contributed by atoms with Crippen LogP contribution in [0.2, 0.25) is 0 Å². The van der Waals surface area contributed by atoms with Gasteiger partial charge in [-0.3, -0.25) is 14.5 Å². The van der Waals surface area contributed by atoms with Crippen molar-refractivity contribution in [3.05, 3.63) is 95.7 Å². The lowest BCUT2D eigenvalue weighted by molar-refractivity contribution is -0.114. The Labute approximate surface area is 226 Å². The van der Waals surface area contributed by atoms with Gasteiger partial charge in [0.1, 0.15) is 5.70 Å². The van der Waals surface area contributed by atoms with E-state index in [-0.39, 0.29) is 33.6 Å². The normalized spacial score (nSPS) is 15.1. The Bertz CT molecular complexity index is 1510. The van der Waals surface area contributed by atoms with Crippen molar-refractivity contribution in [2.75, 3.05) is 16.0 Å². The summed E-state index contributed by atoms with van der Waals surface area (Å²) in [7, 11) is -3.82. The van der Waals surface area contributed by atoms with E-state index in [1.807, 2.05) is 54.6 Å². The molecule has 0 saturated carbocycles. The number of carbonyl (C=O) groups excluding carboxylic acids is 2. The third-order valence-electron chi connectivity index (χ3n) is 5.72. The monoisotopic (exact) mass is 548 g/mol. The van der Waals surface area contributed by atoms with Gasteiger partial charge in [0.25, 0.3) is 5.91 Å². The number of amidine groups is 1. The number of hydrogen-bond acceptors (Lipinski definition) is 6. The number of nitrogens with one attached hydrogen (secondary N) is 1. The maximum Gasteiger partial charge on any atom is 0.283 e. The Morgan fingerprint density at radius 2 is 1.63 bits per heavy atom. The average molecular weight is 549 g/mol. The molecule has 3 aromatic rings. The molecule has 1 aliphatic heterocycles. The molecule has 0 aromatic heterocycles. The van der Waals surface area contributed by atoms with Gasteiger partial charge < -0.3 is 5.32 Å². The molecule has 0 radical (unpaired) electrons. The molecule has 1 heterocycles. The van der Waals surface area contributed by atoms with Crippen molar-refractivity contribution >= 4 is 56.2 Å². The van der Waals surface area contributed by atoms with Gasteiger partial charge in [-0.15, -0.1) is 0 Å². The SMILES string of the molecule is CC(C)(C)c1ccc(/C=C2/N=C(SCC(=O)Nc3ccc(S(N)(=O)=O)cc3)N(c3ccccc3)C2=O)cc1. The van der Waals surface area contributed by atoms with Gasteiger partial charge in [0.2, 0.25) is 15.9 Å². The fourth-order valence-corrected chi connectivity index (χ4v) is 5.02. The van der Waals surface area contributed by atoms with Gasteiger partial charge >= 0.3 is 0 Å². The van der Waals surface area contributed by atoms with E-state index < -0.39 is 10.0 Å². The summed E-state index contributed by atoms with van der Waals surface area (Å²) in [6.07, 6.45) is 1.74. The molecule has 0 atom stereocenters. The number of primary sulfonamides is 1. The molecule has 0 unspecified atom stereocenters. The molecule has 3 N–H and O–H groups in total. The van der Waals surface area contributed by atoms with E-state index in [0.717, 1.165) is 17.3 Å². The van der Waals surface area contributed by atoms with E-state index in [2.05, 4.69) is 31.1 Å². The fourth-order valence-electron chi connectivity index (χ4n) is 3.69. The quantitative estimate of drug-likeness (QED) is 0.431. The predicted molar refractivity (Wildman–Crippen MR) is 153 cm³/mol. The lowest BCUT2D eigenvalue weighted by Crippen LogP contribution is -2.31. The molecule has 0 spiro atoms. The van der Waals surface area contributed by atoms with Crippen molar-refractivity contribution in [2.45, 2.75) is 31.1 Å². The number of carbonyl (C=O) groups is 2. The van der Waals surface area contributed by atoms with E-state index in [9.17, 15) is 18.0 Å². The number of rotatable bonds is 6. The van der Waals surface area contributed by atoms with Crippen LogP contribution in [0, 0.1) is 0 Å². The molecule has 10 heteroatoms. The predicted octanol–water partition coefficient (Wildman–Crippen LogP) is 4.75. The molecular formula is C28H28N4O4S2. The smallest absolute Gasteiger partial charge is 0.283 e. The van der Waals surface area contributed by atoms with Gasteiger partial charge in [0.15, 0.2) is 5.17 Å². The number of anilines is 2. The minimum absolute atomic E-state index is 0.0139. The van der Waals surface area contributed by atoms with Crippen molar-refractivity contribution in [1.82, 2.24) is 0 Å². The molecule has 38 heavy (non-hydrogen) atoms. The highest BCUT2D eigenvalue weighted by atomic mass is 32.2. The first-order valence-electron chi connectivity index (χ1n) is 11.8. The zero-order valence-corrected chi connectivity index (χ0v) is 22.8. The van der Waals surface area contributed by atoms with E-state index in [1.54, 1.807) is 6.08 Å². The van der Waals surface area contributed by atoms with Gasteiger partial charge in [0.05, 0.1) is 16.3 Å². The van der Waals surface area contributed by atoms with Crippen LogP contribution < -0.4 is 15.4 Å². The van der Waals surface area contributed by atoms with Crippen LogP contribution in [0.15, 0.2) is 94.4 Å². The number of benzene rings is 3. The molecule has 4 rings (SSSR count). The van der Waals surface area contributed by atoms with Gasteiger partial charge in [0, 0.05) is 5.69 Å². The number of hydrogen-bond donors (Lipinski definition) is 2. The minimum Gasteiger partial charge on any atom is -0.325 e. The molecule has 8 nitrogen and oxygen atoms in total. The summed E-state index contributed by atoms with van der Waals surface area (Å²) in [6.45, 7) is 6.42. The van der Waals surface area contributed by atoms with Crippen LogP contribution in [0.5, 0.6) is 0 Å². The van der Waals surface area contributed by atoms with Crippen LogP contribution in [0.1, 0.15) is 31.9 Å². The Hall–Kier alpha value is -3.73. The van der Waals surface area contributed by atoms with E-state index >= 15 is 0 Å². The summed E-state index contributed by atoms with van der Waals surface area (Å²) in [6, 6.07) is 22.7. The summed E-state index contributed by atoms with van der Waals surface area (Å²) in [5, 5.41) is 8.21. The molecule has 0 saturated heterocycles. The van der Waals surface area contributed by atoms with Gasteiger partial charge in [-0.2, -0.15) is 0 Å². The maximum atomic E-state index is 13.4. The van der Waals surface area contributed by atoms with E-state index in [4.69, 9.17) is 5.14 Å². The first-order chi connectivity index (χ1) is 17.9. The van der Waals surface area contributed by atoms with Gasteiger partial charge in [-0.25, -0.2) is 18.5 Å². The van der Waals surface area contributed by atoms with Crippen LogP contribution in [0.4, 0.5) is 11.4 Å².